The highest BCUT2D eigenvalue weighted by Gasteiger charge is 2.32. The first-order valence-corrected chi connectivity index (χ1v) is 8.51. The molecule has 142 valence electrons. The van der Waals surface area contributed by atoms with Gasteiger partial charge in [0.15, 0.2) is 11.6 Å². The Morgan fingerprint density at radius 2 is 2.00 bits per heavy atom. The number of nitrogens with one attached hydrogen (secondary N) is 1. The van der Waals surface area contributed by atoms with Crippen molar-refractivity contribution in [1.29, 1.82) is 0 Å². The number of amides is 2. The second kappa shape index (κ2) is 8.13. The van der Waals surface area contributed by atoms with Crippen molar-refractivity contribution in [2.24, 2.45) is 0 Å². The van der Waals surface area contributed by atoms with Crippen molar-refractivity contribution in [3.8, 4) is 5.75 Å². The molecule has 1 aliphatic rings. The van der Waals surface area contributed by atoms with Gasteiger partial charge in [-0.05, 0) is 36.8 Å². The molecule has 0 bridgehead atoms. The summed E-state index contributed by atoms with van der Waals surface area (Å²) in [7, 11) is 1.35. The van der Waals surface area contributed by atoms with Gasteiger partial charge in [0.25, 0.3) is 11.8 Å². The van der Waals surface area contributed by atoms with E-state index in [2.05, 4.69) is 10.3 Å². The molecule has 2 heterocycles. The maximum atomic E-state index is 13.8. The molecule has 1 fully saturated rings. The van der Waals surface area contributed by atoms with E-state index in [1.54, 1.807) is 12.1 Å². The Hall–Kier alpha value is -3.00. The lowest BCUT2D eigenvalue weighted by Gasteiger charge is -2.36. The van der Waals surface area contributed by atoms with Gasteiger partial charge in [0.1, 0.15) is 0 Å². The molecule has 0 unspecified atom stereocenters. The number of nitrogens with zero attached hydrogens (tertiary/aromatic N) is 2. The summed E-state index contributed by atoms with van der Waals surface area (Å²) >= 11 is 0. The number of aliphatic hydroxyl groups is 1. The minimum atomic E-state index is -0.920. The van der Waals surface area contributed by atoms with Crippen LogP contribution in [-0.2, 0) is 0 Å². The predicted octanol–water partition coefficient (Wildman–Crippen LogP) is 1.23. The number of hydrogen-bond acceptors (Lipinski definition) is 5. The summed E-state index contributed by atoms with van der Waals surface area (Å²) in [6.45, 7) is 0.388. The minimum Gasteiger partial charge on any atom is -0.494 e. The summed E-state index contributed by atoms with van der Waals surface area (Å²) < 4.78 is 18.7. The van der Waals surface area contributed by atoms with Gasteiger partial charge in [-0.15, -0.1) is 0 Å². The fourth-order valence-electron chi connectivity index (χ4n) is 3.02. The quantitative estimate of drug-likeness (QED) is 0.841. The third-order valence-electron chi connectivity index (χ3n) is 4.53. The average molecular weight is 373 g/mol. The molecule has 0 aliphatic carbocycles. The van der Waals surface area contributed by atoms with E-state index in [0.29, 0.717) is 18.5 Å². The van der Waals surface area contributed by atoms with Gasteiger partial charge in [-0.25, -0.2) is 4.39 Å². The molecule has 2 N–H and O–H groups in total. The molecule has 0 radical (unpaired) electrons. The minimum absolute atomic E-state index is 0.0494. The van der Waals surface area contributed by atoms with Gasteiger partial charge in [0, 0.05) is 36.6 Å². The topological polar surface area (TPSA) is 91.8 Å². The summed E-state index contributed by atoms with van der Waals surface area (Å²) in [4.78, 5) is 30.1. The lowest BCUT2D eigenvalue weighted by molar-refractivity contribution is 0.0314. The number of piperidine rings is 1. The van der Waals surface area contributed by atoms with Gasteiger partial charge in [-0.3, -0.25) is 14.6 Å². The highest BCUT2D eigenvalue weighted by atomic mass is 19.1. The number of carbonyl (C=O) groups is 2. The SMILES string of the molecule is COc1ccc(C(=O)N2CC[C@@H](NC(=O)c3ccncc3)[C@H](O)C2)cc1F. The second-order valence-electron chi connectivity index (χ2n) is 6.27. The lowest BCUT2D eigenvalue weighted by Crippen LogP contribution is -2.55. The summed E-state index contributed by atoms with van der Waals surface area (Å²) in [5.74, 6) is -1.25. The van der Waals surface area contributed by atoms with Crippen LogP contribution in [0.4, 0.5) is 4.39 Å². The van der Waals surface area contributed by atoms with Crippen molar-refractivity contribution in [2.45, 2.75) is 18.6 Å². The number of aliphatic hydroxyl groups excluding tert-OH is 1. The van der Waals surface area contributed by atoms with E-state index < -0.39 is 18.0 Å². The number of likely N-dealkylation sites (tertiary alicyclic amines) is 1. The molecule has 1 aromatic heterocycles. The number of carbonyl (C=O) groups excluding carboxylic acids is 2. The first kappa shape index (κ1) is 18.8. The summed E-state index contributed by atoms with van der Waals surface area (Å²) in [5, 5.41) is 13.1. The maximum Gasteiger partial charge on any atom is 0.254 e. The van der Waals surface area contributed by atoms with E-state index in [9.17, 15) is 19.1 Å². The van der Waals surface area contributed by atoms with Crippen LogP contribution in [0, 0.1) is 5.82 Å². The summed E-state index contributed by atoms with van der Waals surface area (Å²) in [5.41, 5.74) is 0.629. The smallest absolute Gasteiger partial charge is 0.254 e. The number of pyridine rings is 1. The lowest BCUT2D eigenvalue weighted by atomic mass is 10.0. The highest BCUT2D eigenvalue weighted by molar-refractivity contribution is 5.95. The average Bonchev–Trinajstić information content (AvgIpc) is 2.69. The molecule has 3 rings (SSSR count). The fraction of sp³-hybridized carbons (Fsp3) is 0.316. The van der Waals surface area contributed by atoms with Crippen molar-refractivity contribution in [3.63, 3.8) is 0 Å². The summed E-state index contributed by atoms with van der Waals surface area (Å²) in [6.07, 6.45) is 2.50. The first-order chi connectivity index (χ1) is 13.0. The standard InChI is InChI=1S/C19H20FN3O4/c1-27-17-3-2-13(10-14(17)20)19(26)23-9-6-15(16(24)11-23)22-18(25)12-4-7-21-8-5-12/h2-5,7-8,10,15-16,24H,6,9,11H2,1H3,(H,22,25)/t15-,16-/m1/s1. The Bertz CT molecular complexity index is 831. The molecule has 2 atom stereocenters. The zero-order valence-corrected chi connectivity index (χ0v) is 14.8. The first-order valence-electron chi connectivity index (χ1n) is 8.51. The number of rotatable bonds is 4. The maximum absolute atomic E-state index is 13.8. The molecule has 2 aromatic rings. The number of aromatic nitrogens is 1. The van der Waals surface area contributed by atoms with E-state index in [4.69, 9.17) is 4.74 Å². The van der Waals surface area contributed by atoms with E-state index in [1.165, 1.54) is 36.5 Å². The van der Waals surface area contributed by atoms with Crippen molar-refractivity contribution in [2.75, 3.05) is 20.2 Å². The van der Waals surface area contributed by atoms with Crippen LogP contribution >= 0.6 is 0 Å². The Balaban J connectivity index is 1.62. The third-order valence-corrected chi connectivity index (χ3v) is 4.53. The van der Waals surface area contributed by atoms with Gasteiger partial charge >= 0.3 is 0 Å². The van der Waals surface area contributed by atoms with Crippen molar-refractivity contribution in [1.82, 2.24) is 15.2 Å². The molecular weight excluding hydrogens is 353 g/mol. The molecule has 2 amide bonds. The van der Waals surface area contributed by atoms with Gasteiger partial charge in [0.05, 0.1) is 19.3 Å². The van der Waals surface area contributed by atoms with Crippen LogP contribution in [0.15, 0.2) is 42.7 Å². The molecule has 1 aliphatic heterocycles. The second-order valence-corrected chi connectivity index (χ2v) is 6.27. The van der Waals surface area contributed by atoms with E-state index in [1.807, 2.05) is 0 Å². The molecule has 7 nitrogen and oxygen atoms in total. The van der Waals surface area contributed by atoms with Crippen molar-refractivity contribution in [3.05, 3.63) is 59.7 Å². The number of β-amino-alcohol motifs (C(OH)–C–C–N with tert-alkyl or cyclic N) is 1. The Kier molecular flexibility index (Phi) is 5.66. The van der Waals surface area contributed by atoms with E-state index in [-0.39, 0.29) is 29.7 Å². The molecular formula is C19H20FN3O4. The van der Waals surface area contributed by atoms with E-state index in [0.717, 1.165) is 6.07 Å². The zero-order chi connectivity index (χ0) is 19.4. The zero-order valence-electron chi connectivity index (χ0n) is 14.8. The highest BCUT2D eigenvalue weighted by Crippen LogP contribution is 2.20. The van der Waals surface area contributed by atoms with Crippen LogP contribution in [0.25, 0.3) is 0 Å². The van der Waals surface area contributed by atoms with Crippen molar-refractivity contribution >= 4 is 11.8 Å². The number of hydrogen-bond donors (Lipinski definition) is 2. The molecule has 8 heteroatoms. The van der Waals surface area contributed by atoms with Gasteiger partial charge < -0.3 is 20.1 Å². The van der Waals surface area contributed by atoms with Crippen LogP contribution in [0.3, 0.4) is 0 Å². The Morgan fingerprint density at radius 3 is 2.63 bits per heavy atom. The molecule has 27 heavy (non-hydrogen) atoms. The Labute approximate surface area is 155 Å². The summed E-state index contributed by atoms with van der Waals surface area (Å²) in [6, 6.07) is 6.68. The monoisotopic (exact) mass is 373 g/mol. The van der Waals surface area contributed by atoms with Crippen LogP contribution in [0.1, 0.15) is 27.1 Å². The van der Waals surface area contributed by atoms with Crippen LogP contribution < -0.4 is 10.1 Å². The molecule has 0 saturated carbocycles. The number of methoxy groups -OCH3 is 1. The van der Waals surface area contributed by atoms with E-state index >= 15 is 0 Å². The molecule has 1 aromatic carbocycles. The molecule has 0 spiro atoms. The largest absolute Gasteiger partial charge is 0.494 e. The van der Waals surface area contributed by atoms with Crippen LogP contribution in [-0.4, -0.2) is 59.1 Å². The van der Waals surface area contributed by atoms with Gasteiger partial charge in [-0.2, -0.15) is 0 Å². The van der Waals surface area contributed by atoms with Crippen molar-refractivity contribution < 1.29 is 23.8 Å². The number of halogens is 1. The predicted molar refractivity (Wildman–Crippen MR) is 95.0 cm³/mol. The normalized spacial score (nSPS) is 19.4. The number of benzene rings is 1. The Morgan fingerprint density at radius 1 is 1.26 bits per heavy atom. The fourth-order valence-corrected chi connectivity index (χ4v) is 3.02. The van der Waals surface area contributed by atoms with Crippen LogP contribution in [0.2, 0.25) is 0 Å². The van der Waals surface area contributed by atoms with Gasteiger partial charge in [0.2, 0.25) is 0 Å². The van der Waals surface area contributed by atoms with Crippen LogP contribution in [0.5, 0.6) is 5.75 Å². The molecule has 1 saturated heterocycles. The van der Waals surface area contributed by atoms with Gasteiger partial charge in [-0.1, -0.05) is 0 Å². The number of ether oxygens (including phenoxy) is 1. The third kappa shape index (κ3) is 4.22.